The van der Waals surface area contributed by atoms with Gasteiger partial charge in [0.05, 0.1) is 4.92 Å². The molecule has 0 aliphatic rings. The molecule has 1 aromatic heterocycles. The number of hydrogen-bond donors (Lipinski definition) is 2. The van der Waals surface area contributed by atoms with Gasteiger partial charge in [-0.3, -0.25) is 10.1 Å². The Hall–Kier alpha value is -2.41. The minimum Gasteiger partial charge on any atom is -0.362 e. The molecular formula is C13H14ClN5O2. The Bertz CT molecular complexity index is 646. The summed E-state index contributed by atoms with van der Waals surface area (Å²) in [6, 6.07) is 6.81. The van der Waals surface area contributed by atoms with Crippen molar-refractivity contribution in [2.75, 3.05) is 10.6 Å². The molecule has 7 nitrogen and oxygen atoms in total. The van der Waals surface area contributed by atoms with Crippen LogP contribution in [-0.4, -0.2) is 20.9 Å². The van der Waals surface area contributed by atoms with Gasteiger partial charge in [-0.05, 0) is 38.1 Å². The van der Waals surface area contributed by atoms with E-state index in [-0.39, 0.29) is 23.4 Å². The average molecular weight is 308 g/mol. The van der Waals surface area contributed by atoms with Crippen molar-refractivity contribution in [2.24, 2.45) is 0 Å². The van der Waals surface area contributed by atoms with E-state index in [0.29, 0.717) is 10.7 Å². The first kappa shape index (κ1) is 15.0. The Labute approximate surface area is 126 Å². The minimum absolute atomic E-state index is 0.0157. The second-order valence-electron chi connectivity index (χ2n) is 4.61. The molecule has 21 heavy (non-hydrogen) atoms. The lowest BCUT2D eigenvalue weighted by Gasteiger charge is -2.11. The molecule has 0 saturated heterocycles. The van der Waals surface area contributed by atoms with E-state index in [2.05, 4.69) is 20.6 Å². The maximum Gasteiger partial charge on any atom is 0.353 e. The van der Waals surface area contributed by atoms with E-state index < -0.39 is 4.92 Å². The Morgan fingerprint density at radius 2 is 1.81 bits per heavy atom. The standard InChI is InChI=1S/C13H14ClN5O2/c1-8(2)17-12-11(19(20)21)13(16-7-15-12)18-10-5-3-9(14)4-6-10/h3-8H,1-2H3,(H2,15,16,17,18). The fourth-order valence-corrected chi connectivity index (χ4v) is 1.82. The lowest BCUT2D eigenvalue weighted by molar-refractivity contribution is -0.383. The van der Waals surface area contributed by atoms with Crippen LogP contribution in [0.4, 0.5) is 23.0 Å². The highest BCUT2D eigenvalue weighted by Crippen LogP contribution is 2.31. The molecule has 0 atom stereocenters. The number of halogens is 1. The number of nitro groups is 1. The molecular weight excluding hydrogens is 294 g/mol. The molecule has 0 saturated carbocycles. The Morgan fingerprint density at radius 3 is 2.38 bits per heavy atom. The summed E-state index contributed by atoms with van der Waals surface area (Å²) >= 11 is 5.81. The van der Waals surface area contributed by atoms with Crippen molar-refractivity contribution in [1.82, 2.24) is 9.97 Å². The number of aromatic nitrogens is 2. The Morgan fingerprint density at radius 1 is 1.19 bits per heavy atom. The Balaban J connectivity index is 2.38. The zero-order valence-corrected chi connectivity index (χ0v) is 12.3. The van der Waals surface area contributed by atoms with Gasteiger partial charge in [0.1, 0.15) is 6.33 Å². The van der Waals surface area contributed by atoms with E-state index in [9.17, 15) is 10.1 Å². The van der Waals surface area contributed by atoms with Gasteiger partial charge in [-0.2, -0.15) is 0 Å². The number of hydrogen-bond acceptors (Lipinski definition) is 6. The van der Waals surface area contributed by atoms with Crippen molar-refractivity contribution in [3.63, 3.8) is 0 Å². The van der Waals surface area contributed by atoms with Gasteiger partial charge >= 0.3 is 5.69 Å². The van der Waals surface area contributed by atoms with Crippen molar-refractivity contribution in [1.29, 1.82) is 0 Å². The number of benzene rings is 1. The summed E-state index contributed by atoms with van der Waals surface area (Å²) in [6.07, 6.45) is 1.27. The lowest BCUT2D eigenvalue weighted by Crippen LogP contribution is -2.14. The second-order valence-corrected chi connectivity index (χ2v) is 5.04. The monoisotopic (exact) mass is 307 g/mol. The molecule has 110 valence electrons. The zero-order chi connectivity index (χ0) is 15.4. The number of nitrogens with one attached hydrogen (secondary N) is 2. The van der Waals surface area contributed by atoms with Crippen LogP contribution in [0.25, 0.3) is 0 Å². The van der Waals surface area contributed by atoms with Crippen LogP contribution < -0.4 is 10.6 Å². The molecule has 0 spiro atoms. The lowest BCUT2D eigenvalue weighted by atomic mass is 10.3. The number of nitrogens with zero attached hydrogens (tertiary/aromatic N) is 3. The molecule has 0 fully saturated rings. The number of anilines is 3. The van der Waals surface area contributed by atoms with E-state index in [1.165, 1.54) is 6.33 Å². The molecule has 0 aliphatic carbocycles. The molecule has 2 aromatic rings. The molecule has 8 heteroatoms. The van der Waals surface area contributed by atoms with E-state index in [1.807, 2.05) is 13.8 Å². The maximum absolute atomic E-state index is 11.3. The van der Waals surface area contributed by atoms with Crippen LogP contribution in [0.3, 0.4) is 0 Å². The van der Waals surface area contributed by atoms with Crippen molar-refractivity contribution < 1.29 is 4.92 Å². The summed E-state index contributed by atoms with van der Waals surface area (Å²) in [5.41, 5.74) is 0.456. The van der Waals surface area contributed by atoms with Gasteiger partial charge in [-0.15, -0.1) is 0 Å². The third-order valence-electron chi connectivity index (χ3n) is 2.54. The van der Waals surface area contributed by atoms with Gasteiger partial charge in [0.2, 0.25) is 11.6 Å². The second kappa shape index (κ2) is 6.36. The summed E-state index contributed by atoms with van der Waals surface area (Å²) in [7, 11) is 0. The first-order valence-electron chi connectivity index (χ1n) is 6.26. The van der Waals surface area contributed by atoms with Crippen LogP contribution in [0.2, 0.25) is 5.02 Å². The minimum atomic E-state index is -0.511. The third kappa shape index (κ3) is 3.79. The van der Waals surface area contributed by atoms with E-state index in [4.69, 9.17) is 11.6 Å². The van der Waals surface area contributed by atoms with Crippen molar-refractivity contribution in [3.8, 4) is 0 Å². The summed E-state index contributed by atoms with van der Waals surface area (Å²) in [6.45, 7) is 3.75. The van der Waals surface area contributed by atoms with Gasteiger partial charge in [-0.25, -0.2) is 9.97 Å². The SMILES string of the molecule is CC(C)Nc1ncnc(Nc2ccc(Cl)cc2)c1[N+](=O)[O-]. The summed E-state index contributed by atoms with van der Waals surface area (Å²) in [5.74, 6) is 0.307. The number of rotatable bonds is 5. The summed E-state index contributed by atoms with van der Waals surface area (Å²) in [4.78, 5) is 18.7. The van der Waals surface area contributed by atoms with Crippen LogP contribution >= 0.6 is 11.6 Å². The molecule has 0 bridgehead atoms. The van der Waals surface area contributed by atoms with Gasteiger partial charge in [0.15, 0.2) is 0 Å². The van der Waals surface area contributed by atoms with Crippen molar-refractivity contribution >= 4 is 34.6 Å². The smallest absolute Gasteiger partial charge is 0.353 e. The highest BCUT2D eigenvalue weighted by atomic mass is 35.5. The third-order valence-corrected chi connectivity index (χ3v) is 2.79. The van der Waals surface area contributed by atoms with E-state index >= 15 is 0 Å². The first-order valence-corrected chi connectivity index (χ1v) is 6.63. The predicted molar refractivity (Wildman–Crippen MR) is 82.2 cm³/mol. The van der Waals surface area contributed by atoms with Crippen LogP contribution in [-0.2, 0) is 0 Å². The quantitative estimate of drug-likeness (QED) is 0.647. The van der Waals surface area contributed by atoms with Gasteiger partial charge in [-0.1, -0.05) is 11.6 Å². The fourth-order valence-electron chi connectivity index (χ4n) is 1.69. The van der Waals surface area contributed by atoms with Crippen molar-refractivity contribution in [3.05, 3.63) is 45.7 Å². The van der Waals surface area contributed by atoms with E-state index in [1.54, 1.807) is 24.3 Å². The fraction of sp³-hybridized carbons (Fsp3) is 0.231. The van der Waals surface area contributed by atoms with Gasteiger partial charge < -0.3 is 10.6 Å². The topological polar surface area (TPSA) is 93.0 Å². The highest BCUT2D eigenvalue weighted by molar-refractivity contribution is 6.30. The van der Waals surface area contributed by atoms with Crippen LogP contribution in [0.5, 0.6) is 0 Å². The van der Waals surface area contributed by atoms with E-state index in [0.717, 1.165) is 0 Å². The molecule has 2 N–H and O–H groups in total. The zero-order valence-electron chi connectivity index (χ0n) is 11.5. The van der Waals surface area contributed by atoms with Gasteiger partial charge in [0, 0.05) is 16.8 Å². The molecule has 0 unspecified atom stereocenters. The predicted octanol–water partition coefficient (Wildman–Crippen LogP) is 3.60. The average Bonchev–Trinajstić information content (AvgIpc) is 2.40. The first-order chi connectivity index (χ1) is 9.97. The molecule has 0 aliphatic heterocycles. The maximum atomic E-state index is 11.3. The van der Waals surface area contributed by atoms with Crippen LogP contribution in [0, 0.1) is 10.1 Å². The molecule has 0 amide bonds. The molecule has 0 radical (unpaired) electrons. The van der Waals surface area contributed by atoms with Crippen LogP contribution in [0.15, 0.2) is 30.6 Å². The molecule has 1 aromatic carbocycles. The molecule has 2 rings (SSSR count). The largest absolute Gasteiger partial charge is 0.362 e. The Kier molecular flexibility index (Phi) is 4.54. The normalized spacial score (nSPS) is 10.5. The molecule has 1 heterocycles. The van der Waals surface area contributed by atoms with Gasteiger partial charge in [0.25, 0.3) is 0 Å². The van der Waals surface area contributed by atoms with Crippen molar-refractivity contribution in [2.45, 2.75) is 19.9 Å². The summed E-state index contributed by atoms with van der Waals surface area (Å²) < 4.78 is 0. The summed E-state index contributed by atoms with van der Waals surface area (Å²) in [5, 5.41) is 17.7. The highest BCUT2D eigenvalue weighted by Gasteiger charge is 2.23. The van der Waals surface area contributed by atoms with Crippen LogP contribution in [0.1, 0.15) is 13.8 Å².